The van der Waals surface area contributed by atoms with Crippen LogP contribution in [-0.4, -0.2) is 47.4 Å². The second kappa shape index (κ2) is 5.55. The van der Waals surface area contributed by atoms with Crippen molar-refractivity contribution in [3.05, 3.63) is 0 Å². The third-order valence-corrected chi connectivity index (χ3v) is 3.76. The molecule has 3 nitrogen and oxygen atoms in total. The first-order valence-corrected chi connectivity index (χ1v) is 6.63. The van der Waals surface area contributed by atoms with Crippen molar-refractivity contribution in [3.8, 4) is 11.8 Å². The van der Waals surface area contributed by atoms with E-state index in [2.05, 4.69) is 21.6 Å². The van der Waals surface area contributed by atoms with Crippen LogP contribution < -0.4 is 0 Å². The maximum Gasteiger partial charge on any atom is 0.219 e. The number of rotatable bonds is 4. The molecular formula is C14H22N2O. The van der Waals surface area contributed by atoms with Gasteiger partial charge in [-0.2, -0.15) is 0 Å². The molecule has 2 fully saturated rings. The molecule has 0 aromatic heterocycles. The first-order valence-electron chi connectivity index (χ1n) is 6.63. The molecule has 0 aromatic carbocycles. The molecule has 0 aromatic rings. The van der Waals surface area contributed by atoms with Gasteiger partial charge in [-0.05, 0) is 39.2 Å². The number of carbonyl (C=O) groups excluding carboxylic acids is 1. The third-order valence-electron chi connectivity index (χ3n) is 3.76. The van der Waals surface area contributed by atoms with Crippen LogP contribution in [0.5, 0.6) is 0 Å². The Bertz CT molecular complexity index is 338. The summed E-state index contributed by atoms with van der Waals surface area (Å²) in [5.74, 6) is 6.33. The van der Waals surface area contributed by atoms with Gasteiger partial charge in [-0.15, -0.1) is 5.92 Å². The quantitative estimate of drug-likeness (QED) is 0.688. The van der Waals surface area contributed by atoms with Crippen LogP contribution in [0, 0.1) is 11.8 Å². The lowest BCUT2D eigenvalue weighted by Gasteiger charge is -2.29. The molecule has 0 unspecified atom stereocenters. The van der Waals surface area contributed by atoms with Crippen molar-refractivity contribution < 1.29 is 4.79 Å². The van der Waals surface area contributed by atoms with Gasteiger partial charge in [0.05, 0.1) is 6.54 Å². The van der Waals surface area contributed by atoms with Crippen molar-refractivity contribution >= 4 is 5.91 Å². The summed E-state index contributed by atoms with van der Waals surface area (Å²) in [6, 6.07) is 1.06. The molecule has 1 saturated heterocycles. The summed E-state index contributed by atoms with van der Waals surface area (Å²) in [5.41, 5.74) is 0. The zero-order valence-electron chi connectivity index (χ0n) is 10.9. The van der Waals surface area contributed by atoms with Crippen molar-refractivity contribution in [3.63, 3.8) is 0 Å². The molecule has 1 saturated carbocycles. The zero-order valence-corrected chi connectivity index (χ0v) is 10.9. The van der Waals surface area contributed by atoms with Crippen molar-refractivity contribution in [2.24, 2.45) is 0 Å². The average molecular weight is 234 g/mol. The topological polar surface area (TPSA) is 23.6 Å². The Labute approximate surface area is 104 Å². The van der Waals surface area contributed by atoms with E-state index in [0.29, 0.717) is 12.1 Å². The lowest BCUT2D eigenvalue weighted by atomic mass is 10.2. The summed E-state index contributed by atoms with van der Waals surface area (Å²) < 4.78 is 0. The lowest BCUT2D eigenvalue weighted by molar-refractivity contribution is -0.130. The van der Waals surface area contributed by atoms with Gasteiger partial charge in [0.15, 0.2) is 0 Å². The third kappa shape index (κ3) is 3.23. The number of hydrogen-bond donors (Lipinski definition) is 0. The number of likely N-dealkylation sites (tertiary alicyclic amines) is 1. The van der Waals surface area contributed by atoms with E-state index < -0.39 is 0 Å². The van der Waals surface area contributed by atoms with E-state index in [4.69, 9.17) is 0 Å². The first-order chi connectivity index (χ1) is 8.22. The Morgan fingerprint density at radius 2 is 2.18 bits per heavy atom. The Balaban J connectivity index is 1.90. The highest BCUT2D eigenvalue weighted by atomic mass is 16.2. The molecule has 2 rings (SSSR count). The normalized spacial score (nSPS) is 24.2. The van der Waals surface area contributed by atoms with E-state index in [9.17, 15) is 4.79 Å². The molecule has 17 heavy (non-hydrogen) atoms. The van der Waals surface area contributed by atoms with E-state index in [0.717, 1.165) is 19.6 Å². The predicted octanol–water partition coefficient (Wildman–Crippen LogP) is 1.48. The second-order valence-corrected chi connectivity index (χ2v) is 5.10. The average Bonchev–Trinajstić information content (AvgIpc) is 3.04. The van der Waals surface area contributed by atoms with E-state index in [1.807, 2.05) is 6.92 Å². The molecule has 94 valence electrons. The van der Waals surface area contributed by atoms with E-state index >= 15 is 0 Å². The lowest BCUT2D eigenvalue weighted by Crippen LogP contribution is -2.43. The molecule has 1 aliphatic carbocycles. The smallest absolute Gasteiger partial charge is 0.219 e. The Morgan fingerprint density at radius 3 is 2.76 bits per heavy atom. The van der Waals surface area contributed by atoms with Gasteiger partial charge in [0.2, 0.25) is 5.91 Å². The fourth-order valence-electron chi connectivity index (χ4n) is 2.64. The molecule has 1 amide bonds. The van der Waals surface area contributed by atoms with Gasteiger partial charge in [0.25, 0.3) is 0 Å². The molecule has 2 aliphatic rings. The van der Waals surface area contributed by atoms with Crippen LogP contribution in [-0.2, 0) is 4.79 Å². The van der Waals surface area contributed by atoms with Crippen LogP contribution in [0.2, 0.25) is 0 Å². The summed E-state index contributed by atoms with van der Waals surface area (Å²) in [4.78, 5) is 16.1. The van der Waals surface area contributed by atoms with Crippen LogP contribution in [0.15, 0.2) is 0 Å². The molecule has 3 heteroatoms. The maximum absolute atomic E-state index is 11.6. The van der Waals surface area contributed by atoms with Crippen molar-refractivity contribution in [2.45, 2.75) is 51.6 Å². The van der Waals surface area contributed by atoms with Gasteiger partial charge in [0.1, 0.15) is 0 Å². The largest absolute Gasteiger partial charge is 0.338 e. The summed E-state index contributed by atoms with van der Waals surface area (Å²) in [5, 5.41) is 0. The molecule has 0 spiro atoms. The predicted molar refractivity (Wildman–Crippen MR) is 68.5 cm³/mol. The summed E-state index contributed by atoms with van der Waals surface area (Å²) in [6.45, 7) is 6.49. The maximum atomic E-state index is 11.6. The van der Waals surface area contributed by atoms with Gasteiger partial charge in [0, 0.05) is 25.6 Å². The van der Waals surface area contributed by atoms with Gasteiger partial charge < -0.3 is 4.90 Å². The number of amides is 1. The Morgan fingerprint density at radius 1 is 1.41 bits per heavy atom. The van der Waals surface area contributed by atoms with Crippen molar-refractivity contribution in [1.29, 1.82) is 0 Å². The van der Waals surface area contributed by atoms with Crippen LogP contribution in [0.3, 0.4) is 0 Å². The van der Waals surface area contributed by atoms with Crippen LogP contribution in [0.4, 0.5) is 0 Å². The highest BCUT2D eigenvalue weighted by molar-refractivity contribution is 5.74. The fourth-order valence-corrected chi connectivity index (χ4v) is 2.64. The van der Waals surface area contributed by atoms with Crippen LogP contribution >= 0.6 is 0 Å². The van der Waals surface area contributed by atoms with E-state index in [-0.39, 0.29) is 5.91 Å². The minimum absolute atomic E-state index is 0.237. The van der Waals surface area contributed by atoms with Crippen molar-refractivity contribution in [1.82, 2.24) is 9.80 Å². The summed E-state index contributed by atoms with van der Waals surface area (Å²) >= 11 is 0. The molecule has 0 N–H and O–H groups in total. The van der Waals surface area contributed by atoms with Crippen LogP contribution in [0.25, 0.3) is 0 Å². The SMILES string of the molecule is CC#CCN1CCC[C@@H]1CN(C(C)=O)C1CC1. The monoisotopic (exact) mass is 234 g/mol. The molecule has 1 heterocycles. The van der Waals surface area contributed by atoms with Gasteiger partial charge >= 0.3 is 0 Å². The first kappa shape index (κ1) is 12.4. The van der Waals surface area contributed by atoms with Gasteiger partial charge in [-0.3, -0.25) is 9.69 Å². The summed E-state index contributed by atoms with van der Waals surface area (Å²) in [7, 11) is 0. The molecule has 1 aliphatic heterocycles. The molecule has 1 atom stereocenters. The fraction of sp³-hybridized carbons (Fsp3) is 0.786. The number of carbonyl (C=O) groups is 1. The van der Waals surface area contributed by atoms with E-state index in [1.54, 1.807) is 6.92 Å². The highest BCUT2D eigenvalue weighted by Gasteiger charge is 2.34. The van der Waals surface area contributed by atoms with Crippen molar-refractivity contribution in [2.75, 3.05) is 19.6 Å². The highest BCUT2D eigenvalue weighted by Crippen LogP contribution is 2.29. The van der Waals surface area contributed by atoms with Gasteiger partial charge in [-0.1, -0.05) is 5.92 Å². The Kier molecular flexibility index (Phi) is 4.06. The standard InChI is InChI=1S/C14H22N2O/c1-3-4-9-15-10-5-6-14(15)11-16(12(2)17)13-7-8-13/h13-14H,5-11H2,1-2H3/t14-/m1/s1. The van der Waals surface area contributed by atoms with Gasteiger partial charge in [-0.25, -0.2) is 0 Å². The molecule has 0 bridgehead atoms. The second-order valence-electron chi connectivity index (χ2n) is 5.10. The minimum Gasteiger partial charge on any atom is -0.338 e. The Hall–Kier alpha value is -1.01. The zero-order chi connectivity index (χ0) is 12.3. The molecule has 0 radical (unpaired) electrons. The van der Waals surface area contributed by atoms with Crippen LogP contribution in [0.1, 0.15) is 39.5 Å². The summed E-state index contributed by atoms with van der Waals surface area (Å²) in [6.07, 6.45) is 4.84. The molecular weight excluding hydrogens is 212 g/mol. The van der Waals surface area contributed by atoms with E-state index in [1.165, 1.54) is 25.7 Å². The number of nitrogens with zero attached hydrogens (tertiary/aromatic N) is 2. The number of hydrogen-bond acceptors (Lipinski definition) is 2. The minimum atomic E-state index is 0.237.